The molecule has 3 heteroatoms. The van der Waals surface area contributed by atoms with E-state index in [-0.39, 0.29) is 0 Å². The molecule has 2 aromatic rings. The number of nitrogen functional groups attached to an aromatic ring is 1. The number of hydrogen-bond donors (Lipinski definition) is 1. The molecule has 1 aromatic heterocycles. The van der Waals surface area contributed by atoms with Gasteiger partial charge >= 0.3 is 0 Å². The largest absolute Gasteiger partial charge is 0.398 e. The lowest BCUT2D eigenvalue weighted by Crippen LogP contribution is -1.99. The predicted octanol–water partition coefficient (Wildman–Crippen LogP) is 3.44. The summed E-state index contributed by atoms with van der Waals surface area (Å²) in [5.74, 6) is 0. The summed E-state index contributed by atoms with van der Waals surface area (Å²) in [5.41, 5.74) is 10.1. The van der Waals surface area contributed by atoms with Crippen LogP contribution in [0.25, 0.3) is 5.69 Å². The van der Waals surface area contributed by atoms with Crippen molar-refractivity contribution in [2.24, 2.45) is 0 Å². The zero-order valence-corrected chi connectivity index (χ0v) is 10.4. The molecule has 0 aliphatic carbocycles. The average Bonchev–Trinajstić information content (AvgIpc) is 2.52. The summed E-state index contributed by atoms with van der Waals surface area (Å²) in [6.07, 6.45) is 0. The molecule has 2 nitrogen and oxygen atoms in total. The molecule has 78 valence electrons. The summed E-state index contributed by atoms with van der Waals surface area (Å²) in [6, 6.07) is 10.2. The second kappa shape index (κ2) is 3.74. The molecule has 0 atom stereocenters. The Labute approximate surface area is 97.8 Å². The molecule has 0 bridgehead atoms. The van der Waals surface area contributed by atoms with Gasteiger partial charge in [-0.15, -0.1) is 0 Å². The fourth-order valence-electron chi connectivity index (χ4n) is 1.73. The van der Waals surface area contributed by atoms with Crippen LogP contribution in [0.1, 0.15) is 11.4 Å². The van der Waals surface area contributed by atoms with Crippen LogP contribution >= 0.6 is 15.9 Å². The number of halogens is 1. The Morgan fingerprint density at radius 1 is 1.07 bits per heavy atom. The lowest BCUT2D eigenvalue weighted by atomic mass is 10.2. The van der Waals surface area contributed by atoms with Gasteiger partial charge in [0.05, 0.1) is 0 Å². The Morgan fingerprint density at radius 3 is 2.20 bits per heavy atom. The second-order valence-corrected chi connectivity index (χ2v) is 4.51. The molecular weight excluding hydrogens is 252 g/mol. The third kappa shape index (κ3) is 1.79. The highest BCUT2D eigenvalue weighted by Crippen LogP contribution is 2.24. The maximum Gasteiger partial charge on any atom is 0.0467 e. The fourth-order valence-corrected chi connectivity index (χ4v) is 2.10. The SMILES string of the molecule is Cc1ccc(C)n1-c1ccc(N)c(Br)c1. The summed E-state index contributed by atoms with van der Waals surface area (Å²) < 4.78 is 3.14. The maximum absolute atomic E-state index is 5.76. The molecule has 0 saturated carbocycles. The van der Waals surface area contributed by atoms with Gasteiger partial charge in [0, 0.05) is 27.2 Å². The Kier molecular flexibility index (Phi) is 2.57. The molecule has 0 aliphatic rings. The lowest BCUT2D eigenvalue weighted by molar-refractivity contribution is 0.965. The minimum atomic E-state index is 0.765. The zero-order valence-electron chi connectivity index (χ0n) is 8.79. The Bertz CT molecular complexity index is 481. The Hall–Kier alpha value is -1.22. The quantitative estimate of drug-likeness (QED) is 0.787. The molecule has 1 heterocycles. The molecular formula is C12H13BrN2. The minimum absolute atomic E-state index is 0.765. The number of aromatic nitrogens is 1. The van der Waals surface area contributed by atoms with Gasteiger partial charge in [0.1, 0.15) is 0 Å². The third-order valence-electron chi connectivity index (χ3n) is 2.51. The van der Waals surface area contributed by atoms with Crippen molar-refractivity contribution in [1.29, 1.82) is 0 Å². The molecule has 2 rings (SSSR count). The van der Waals surface area contributed by atoms with E-state index in [1.165, 1.54) is 11.4 Å². The first-order valence-electron chi connectivity index (χ1n) is 4.80. The van der Waals surface area contributed by atoms with Crippen LogP contribution in [-0.2, 0) is 0 Å². The summed E-state index contributed by atoms with van der Waals surface area (Å²) in [7, 11) is 0. The van der Waals surface area contributed by atoms with Crippen molar-refractivity contribution in [2.75, 3.05) is 5.73 Å². The van der Waals surface area contributed by atoms with Crippen LogP contribution in [0.2, 0.25) is 0 Å². The van der Waals surface area contributed by atoms with Gasteiger partial charge in [0.25, 0.3) is 0 Å². The van der Waals surface area contributed by atoms with E-state index >= 15 is 0 Å². The van der Waals surface area contributed by atoms with E-state index in [0.29, 0.717) is 0 Å². The lowest BCUT2D eigenvalue weighted by Gasteiger charge is -2.10. The van der Waals surface area contributed by atoms with Gasteiger partial charge in [-0.1, -0.05) is 0 Å². The van der Waals surface area contributed by atoms with Crippen LogP contribution in [0.5, 0.6) is 0 Å². The maximum atomic E-state index is 5.76. The topological polar surface area (TPSA) is 30.9 Å². The zero-order chi connectivity index (χ0) is 11.0. The molecule has 2 N–H and O–H groups in total. The van der Waals surface area contributed by atoms with E-state index < -0.39 is 0 Å². The average molecular weight is 265 g/mol. The van der Waals surface area contributed by atoms with E-state index in [0.717, 1.165) is 15.8 Å². The van der Waals surface area contributed by atoms with Crippen molar-refractivity contribution >= 4 is 21.6 Å². The van der Waals surface area contributed by atoms with Crippen LogP contribution in [0.15, 0.2) is 34.8 Å². The first kappa shape index (κ1) is 10.3. The van der Waals surface area contributed by atoms with E-state index in [9.17, 15) is 0 Å². The first-order valence-corrected chi connectivity index (χ1v) is 5.59. The monoisotopic (exact) mass is 264 g/mol. The van der Waals surface area contributed by atoms with Crippen molar-refractivity contribution in [3.63, 3.8) is 0 Å². The Morgan fingerprint density at radius 2 is 1.67 bits per heavy atom. The van der Waals surface area contributed by atoms with Gasteiger partial charge in [-0.3, -0.25) is 0 Å². The molecule has 0 saturated heterocycles. The molecule has 0 unspecified atom stereocenters. The van der Waals surface area contributed by atoms with Gasteiger partial charge < -0.3 is 10.3 Å². The smallest absolute Gasteiger partial charge is 0.0467 e. The van der Waals surface area contributed by atoms with Crippen molar-refractivity contribution in [2.45, 2.75) is 13.8 Å². The van der Waals surface area contributed by atoms with E-state index in [1.54, 1.807) is 0 Å². The van der Waals surface area contributed by atoms with E-state index in [1.807, 2.05) is 18.2 Å². The molecule has 0 spiro atoms. The Balaban J connectivity index is 2.59. The number of nitrogens with two attached hydrogens (primary N) is 1. The summed E-state index contributed by atoms with van der Waals surface area (Å²) in [6.45, 7) is 4.19. The highest BCUT2D eigenvalue weighted by atomic mass is 79.9. The summed E-state index contributed by atoms with van der Waals surface area (Å²) >= 11 is 3.44. The molecule has 15 heavy (non-hydrogen) atoms. The van der Waals surface area contributed by atoms with Crippen LogP contribution in [-0.4, -0.2) is 4.57 Å². The minimum Gasteiger partial charge on any atom is -0.398 e. The predicted molar refractivity (Wildman–Crippen MR) is 67.4 cm³/mol. The fraction of sp³-hybridized carbons (Fsp3) is 0.167. The first-order chi connectivity index (χ1) is 7.09. The standard InChI is InChI=1S/C12H13BrN2/c1-8-3-4-9(2)15(8)10-5-6-12(14)11(13)7-10/h3-7H,14H2,1-2H3. The highest BCUT2D eigenvalue weighted by Gasteiger charge is 2.05. The summed E-state index contributed by atoms with van der Waals surface area (Å²) in [4.78, 5) is 0. The van der Waals surface area contributed by atoms with Gasteiger partial charge in [0.15, 0.2) is 0 Å². The van der Waals surface area contributed by atoms with Crippen molar-refractivity contribution in [3.8, 4) is 5.69 Å². The number of benzene rings is 1. The van der Waals surface area contributed by atoms with Gasteiger partial charge in [-0.05, 0) is 60.1 Å². The number of anilines is 1. The third-order valence-corrected chi connectivity index (χ3v) is 3.20. The molecule has 0 fully saturated rings. The van der Waals surface area contributed by atoms with Gasteiger partial charge in [-0.2, -0.15) is 0 Å². The van der Waals surface area contributed by atoms with E-state index in [4.69, 9.17) is 5.73 Å². The molecule has 0 radical (unpaired) electrons. The molecule has 1 aromatic carbocycles. The normalized spacial score (nSPS) is 10.6. The second-order valence-electron chi connectivity index (χ2n) is 3.66. The number of hydrogen-bond acceptors (Lipinski definition) is 1. The van der Waals surface area contributed by atoms with Crippen molar-refractivity contribution in [3.05, 3.63) is 46.2 Å². The van der Waals surface area contributed by atoms with Crippen LogP contribution < -0.4 is 5.73 Å². The molecule has 0 amide bonds. The van der Waals surface area contributed by atoms with Crippen molar-refractivity contribution < 1.29 is 0 Å². The number of rotatable bonds is 1. The highest BCUT2D eigenvalue weighted by molar-refractivity contribution is 9.10. The van der Waals surface area contributed by atoms with Crippen LogP contribution in [0.3, 0.4) is 0 Å². The van der Waals surface area contributed by atoms with E-state index in [2.05, 4.69) is 46.5 Å². The van der Waals surface area contributed by atoms with Gasteiger partial charge in [-0.25, -0.2) is 0 Å². The van der Waals surface area contributed by atoms with Gasteiger partial charge in [0.2, 0.25) is 0 Å². The summed E-state index contributed by atoms with van der Waals surface area (Å²) in [5, 5.41) is 0. The van der Waals surface area contributed by atoms with Crippen LogP contribution in [0.4, 0.5) is 5.69 Å². The van der Waals surface area contributed by atoms with Crippen molar-refractivity contribution in [1.82, 2.24) is 4.57 Å². The molecule has 0 aliphatic heterocycles. The number of nitrogens with zero attached hydrogens (tertiary/aromatic N) is 1. The number of aryl methyl sites for hydroxylation is 2. The van der Waals surface area contributed by atoms with Crippen LogP contribution in [0, 0.1) is 13.8 Å².